The summed E-state index contributed by atoms with van der Waals surface area (Å²) in [5.41, 5.74) is 2.58. The van der Waals surface area contributed by atoms with Gasteiger partial charge >= 0.3 is 0 Å². The Morgan fingerprint density at radius 3 is 1.83 bits per heavy atom. The van der Waals surface area contributed by atoms with Gasteiger partial charge in [0.25, 0.3) is 0 Å². The van der Waals surface area contributed by atoms with Crippen molar-refractivity contribution < 1.29 is 24.3 Å². The minimum atomic E-state index is -0.497. The van der Waals surface area contributed by atoms with E-state index in [0.717, 1.165) is 70.1 Å². The maximum Gasteiger partial charge on any atom is 0.224 e. The van der Waals surface area contributed by atoms with Crippen molar-refractivity contribution in [3.05, 3.63) is 64.2 Å². The third kappa shape index (κ3) is 7.39. The monoisotopic (exact) mass is 642 g/mol. The van der Waals surface area contributed by atoms with E-state index < -0.39 is 11.6 Å². The summed E-state index contributed by atoms with van der Waals surface area (Å²) in [4.78, 5) is 58.2. The minimum Gasteiger partial charge on any atom is -0.506 e. The third-order valence-electron chi connectivity index (χ3n) is 10.2. The van der Waals surface area contributed by atoms with Crippen molar-refractivity contribution in [3.63, 3.8) is 0 Å². The number of hydrogen-bond acceptors (Lipinski definition) is 7. The number of likely N-dealkylation sites (N-methyl/N-ethyl adjacent to an activating group) is 1. The van der Waals surface area contributed by atoms with Crippen LogP contribution in [0, 0.1) is 11.8 Å². The molecular formula is C38H50N4O5. The fourth-order valence-electron chi connectivity index (χ4n) is 7.61. The Labute approximate surface area is 278 Å². The second-order valence-electron chi connectivity index (χ2n) is 13.2. The van der Waals surface area contributed by atoms with Crippen LogP contribution >= 0.6 is 0 Å². The van der Waals surface area contributed by atoms with Gasteiger partial charge in [0.15, 0.2) is 5.78 Å². The molecule has 9 heteroatoms. The van der Waals surface area contributed by atoms with Crippen molar-refractivity contribution in [1.82, 2.24) is 10.2 Å². The van der Waals surface area contributed by atoms with E-state index in [0.29, 0.717) is 54.7 Å². The molecule has 2 fully saturated rings. The highest BCUT2D eigenvalue weighted by Crippen LogP contribution is 2.44. The highest BCUT2D eigenvalue weighted by Gasteiger charge is 2.42. The highest BCUT2D eigenvalue weighted by molar-refractivity contribution is 6.42. The lowest BCUT2D eigenvalue weighted by Gasteiger charge is -2.30. The molecule has 0 radical (unpaired) electrons. The van der Waals surface area contributed by atoms with Crippen LogP contribution < -0.4 is 15.5 Å². The first-order valence-electron chi connectivity index (χ1n) is 17.6. The molecule has 0 unspecified atom stereocenters. The van der Waals surface area contributed by atoms with Crippen molar-refractivity contribution in [1.29, 1.82) is 0 Å². The number of aliphatic hydroxyl groups excluding tert-OH is 1. The molecule has 0 aromatic heterocycles. The van der Waals surface area contributed by atoms with E-state index in [2.05, 4.69) is 29.4 Å². The molecule has 3 N–H and O–H groups in total. The van der Waals surface area contributed by atoms with Crippen LogP contribution in [0.1, 0.15) is 97.5 Å². The predicted molar refractivity (Wildman–Crippen MR) is 186 cm³/mol. The molecule has 1 aromatic rings. The molecule has 0 spiro atoms. The van der Waals surface area contributed by atoms with Crippen LogP contribution in [0.2, 0.25) is 0 Å². The number of amides is 2. The standard InChI is InChI=1S/C38H50N4O5/c1-5-41(6-2)26-17-18-28(29(21-26)39-32(44)19-24-13-9-10-14-24)34-37(46)36(38(34)47)35-30(40-33(45)20-25-15-11-12-16-25)22-27(23-31(35)43)42(7-3)8-4/h17-18,21-25,46H,5-16,19-20H2,1-4H3,(H,39,44)(H,40,45)/b36-35+. The molecule has 4 aliphatic carbocycles. The summed E-state index contributed by atoms with van der Waals surface area (Å²) >= 11 is 0. The van der Waals surface area contributed by atoms with Crippen molar-refractivity contribution in [2.24, 2.45) is 11.8 Å². The van der Waals surface area contributed by atoms with Gasteiger partial charge in [0.2, 0.25) is 17.6 Å². The van der Waals surface area contributed by atoms with Crippen molar-refractivity contribution in [2.45, 2.75) is 91.9 Å². The van der Waals surface area contributed by atoms with E-state index in [4.69, 9.17) is 0 Å². The number of Topliss-reactive ketones (excluding diaryl/α,β-unsaturated/α-hetero) is 1. The van der Waals surface area contributed by atoms with Gasteiger partial charge in [0, 0.05) is 62.0 Å². The predicted octanol–water partition coefficient (Wildman–Crippen LogP) is 6.59. The quantitative estimate of drug-likeness (QED) is 0.208. The van der Waals surface area contributed by atoms with Gasteiger partial charge in [-0.05, 0) is 89.5 Å². The first-order chi connectivity index (χ1) is 22.7. The number of ketones is 2. The molecule has 252 valence electrons. The van der Waals surface area contributed by atoms with E-state index in [9.17, 15) is 24.3 Å². The Kier molecular flexibility index (Phi) is 11.0. The summed E-state index contributed by atoms with van der Waals surface area (Å²) in [7, 11) is 0. The molecule has 0 atom stereocenters. The van der Waals surface area contributed by atoms with Crippen molar-refractivity contribution in [3.8, 4) is 0 Å². The van der Waals surface area contributed by atoms with E-state index in [1.807, 2.05) is 30.9 Å². The second-order valence-corrected chi connectivity index (χ2v) is 13.2. The SMILES string of the molecule is CCN(CC)C1=CC(=O)/C(=C2/C(=O)C(c3ccc(N(CC)CC)cc3NC(=O)CC3CCCC3)=C2O)C(NC(=O)CC2CCCC2)=C1. The average Bonchev–Trinajstić information content (AvgIpc) is 3.76. The van der Waals surface area contributed by atoms with Crippen LogP contribution in [0.25, 0.3) is 5.57 Å². The highest BCUT2D eigenvalue weighted by atomic mass is 16.3. The third-order valence-corrected chi connectivity index (χ3v) is 10.2. The number of carbonyl (C=O) groups is 4. The number of hydrogen-bond donors (Lipinski definition) is 3. The Hall–Kier alpha value is -4.14. The first kappa shape index (κ1) is 34.2. The van der Waals surface area contributed by atoms with Crippen LogP contribution in [0.15, 0.2) is 58.7 Å². The summed E-state index contributed by atoms with van der Waals surface area (Å²) < 4.78 is 0. The molecule has 0 saturated heterocycles. The van der Waals surface area contributed by atoms with Gasteiger partial charge in [-0.25, -0.2) is 0 Å². The summed E-state index contributed by atoms with van der Waals surface area (Å²) in [6.07, 6.45) is 12.5. The van der Waals surface area contributed by atoms with Gasteiger partial charge < -0.3 is 25.5 Å². The van der Waals surface area contributed by atoms with Crippen LogP contribution in [0.3, 0.4) is 0 Å². The number of nitrogens with one attached hydrogen (secondary N) is 2. The summed E-state index contributed by atoms with van der Waals surface area (Å²) in [5, 5.41) is 17.5. The number of anilines is 2. The van der Waals surface area contributed by atoms with Crippen LogP contribution in [0.5, 0.6) is 0 Å². The molecule has 47 heavy (non-hydrogen) atoms. The van der Waals surface area contributed by atoms with Gasteiger partial charge in [0.1, 0.15) is 5.76 Å². The molecule has 0 bridgehead atoms. The van der Waals surface area contributed by atoms with Crippen molar-refractivity contribution in [2.75, 3.05) is 36.4 Å². The lowest BCUT2D eigenvalue weighted by Crippen LogP contribution is -2.34. The first-order valence-corrected chi connectivity index (χ1v) is 17.6. The zero-order valence-electron chi connectivity index (χ0n) is 28.4. The maximum atomic E-state index is 14.0. The molecule has 9 nitrogen and oxygen atoms in total. The van der Waals surface area contributed by atoms with Crippen LogP contribution in [-0.4, -0.2) is 59.6 Å². The zero-order valence-corrected chi connectivity index (χ0v) is 28.4. The number of rotatable bonds is 13. The fraction of sp³-hybridized carbons (Fsp3) is 0.526. The Balaban J connectivity index is 1.52. The number of benzene rings is 1. The Morgan fingerprint density at radius 1 is 0.745 bits per heavy atom. The van der Waals surface area contributed by atoms with Gasteiger partial charge in [-0.1, -0.05) is 25.7 Å². The Bertz CT molecular complexity index is 1530. The number of allylic oxidation sites excluding steroid dienone is 5. The minimum absolute atomic E-state index is 0.00138. The maximum absolute atomic E-state index is 14.0. The van der Waals surface area contributed by atoms with E-state index in [1.54, 1.807) is 12.1 Å². The van der Waals surface area contributed by atoms with E-state index in [1.165, 1.54) is 6.08 Å². The largest absolute Gasteiger partial charge is 0.506 e. The summed E-state index contributed by atoms with van der Waals surface area (Å²) in [5.74, 6) is -0.924. The molecular weight excluding hydrogens is 592 g/mol. The molecule has 2 saturated carbocycles. The number of nitrogens with zero attached hydrogens (tertiary/aromatic N) is 2. The molecule has 0 heterocycles. The van der Waals surface area contributed by atoms with Gasteiger partial charge in [-0.3, -0.25) is 19.2 Å². The van der Waals surface area contributed by atoms with E-state index >= 15 is 0 Å². The van der Waals surface area contributed by atoms with Crippen molar-refractivity contribution >= 4 is 40.3 Å². The fourth-order valence-corrected chi connectivity index (χ4v) is 7.61. The molecule has 2 amide bonds. The number of aliphatic hydroxyl groups is 1. The van der Waals surface area contributed by atoms with E-state index in [-0.39, 0.29) is 40.0 Å². The van der Waals surface area contributed by atoms with Crippen LogP contribution in [-0.2, 0) is 19.2 Å². The average molecular weight is 643 g/mol. The van der Waals surface area contributed by atoms with Gasteiger partial charge in [-0.15, -0.1) is 0 Å². The smallest absolute Gasteiger partial charge is 0.224 e. The molecule has 5 rings (SSSR count). The topological polar surface area (TPSA) is 119 Å². The van der Waals surface area contributed by atoms with Gasteiger partial charge in [0.05, 0.1) is 28.1 Å². The molecule has 1 aromatic carbocycles. The normalized spacial score (nSPS) is 20.3. The summed E-state index contributed by atoms with van der Waals surface area (Å²) in [6.45, 7) is 10.9. The molecule has 0 aliphatic heterocycles. The lowest BCUT2D eigenvalue weighted by molar-refractivity contribution is -0.121. The summed E-state index contributed by atoms with van der Waals surface area (Å²) in [6, 6.07) is 5.49. The zero-order chi connectivity index (χ0) is 33.7. The Morgan fingerprint density at radius 2 is 1.30 bits per heavy atom. The van der Waals surface area contributed by atoms with Crippen LogP contribution in [0.4, 0.5) is 11.4 Å². The second kappa shape index (κ2) is 15.2. The van der Waals surface area contributed by atoms with Gasteiger partial charge in [-0.2, -0.15) is 0 Å². The molecule has 4 aliphatic rings. The lowest BCUT2D eigenvalue weighted by atomic mass is 9.77. The number of carbonyl (C=O) groups excluding carboxylic acids is 4.